The maximum absolute atomic E-state index is 9.33. The molecule has 0 aromatic heterocycles. The van der Waals surface area contributed by atoms with Crippen molar-refractivity contribution in [2.45, 2.75) is 6.92 Å². The van der Waals surface area contributed by atoms with Gasteiger partial charge < -0.3 is 19.1 Å². The largest absolute Gasteiger partial charge is 2.00 e. The van der Waals surface area contributed by atoms with Crippen LogP contribution in [0.25, 0.3) is 0 Å². The maximum atomic E-state index is 9.33. The van der Waals surface area contributed by atoms with Crippen molar-refractivity contribution in [2.24, 2.45) is 0 Å². The van der Waals surface area contributed by atoms with Crippen LogP contribution >= 0.6 is 0 Å². The summed E-state index contributed by atoms with van der Waals surface area (Å²) < 4.78 is 0. The van der Waals surface area contributed by atoms with Gasteiger partial charge in [0.2, 0.25) is 0 Å². The summed E-state index contributed by atoms with van der Waals surface area (Å²) >= 11 is 0. The monoisotopic (exact) mass is 136 g/mol. The Morgan fingerprint density at radius 1 is 1.67 bits per heavy atom. The zero-order chi connectivity index (χ0) is 3.58. The third kappa shape index (κ3) is 1560. The summed E-state index contributed by atoms with van der Waals surface area (Å²) in [4.78, 5) is 9.33. The summed E-state index contributed by atoms with van der Waals surface area (Å²) in [7, 11) is 0. The molecule has 0 N–H and O–H groups in total. The van der Waals surface area contributed by atoms with E-state index < -0.39 is 0 Å². The fourth-order valence-corrected chi connectivity index (χ4v) is 0. The van der Waals surface area contributed by atoms with E-state index in [9.17, 15) is 4.79 Å². The van der Waals surface area contributed by atoms with Crippen molar-refractivity contribution in [3.63, 3.8) is 0 Å². The van der Waals surface area contributed by atoms with Gasteiger partial charge in [0.05, 0.1) is 0 Å². The van der Waals surface area contributed by atoms with E-state index >= 15 is 0 Å². The first-order chi connectivity index (χ1) is 1.73. The van der Waals surface area contributed by atoms with Gasteiger partial charge in [-0.25, -0.2) is 0 Å². The Bertz CT molecular complexity index is 30.5. The normalized spacial score (nSPS) is 4.17. The Balaban J connectivity index is -0.0000000450. The molecule has 0 rings (SSSR count). The summed E-state index contributed by atoms with van der Waals surface area (Å²) in [5.74, 6) is -0.0833. The average molecular weight is 137 g/mol. The number of hydrogen-bond donors (Lipinski definition) is 0. The maximum Gasteiger partial charge on any atom is 2.00 e. The van der Waals surface area contributed by atoms with Gasteiger partial charge in [-0.1, -0.05) is 0 Å². The van der Waals surface area contributed by atoms with Crippen molar-refractivity contribution in [3.8, 4) is 0 Å². The van der Waals surface area contributed by atoms with E-state index in [0.29, 0.717) is 0 Å². The fourth-order valence-electron chi connectivity index (χ4n) is 0. The molecule has 0 aromatic carbocycles. The Morgan fingerprint density at radius 3 is 1.67 bits per heavy atom. The number of hydrogen-bond acceptors (Lipinski definition) is 1. The minimum atomic E-state index is -0.0833. The predicted molar refractivity (Wildman–Crippen MR) is 22.5 cm³/mol. The van der Waals surface area contributed by atoms with Crippen LogP contribution < -0.4 is 0 Å². The molecule has 2 heteroatoms. The minimum Gasteiger partial charge on any atom is -0.358 e. The standard InChI is InChI=1S/C3H5O.CH3.Zn/c1-3(2)4;;/h1H2,2H3;1H3;/q2*-1;+2. The SMILES string of the molecule is [CH2-]C(C)=O.[CH3-].[Zn+2]. The van der Waals surface area contributed by atoms with Crippen molar-refractivity contribution in [3.05, 3.63) is 14.4 Å². The molecule has 0 heterocycles. The van der Waals surface area contributed by atoms with Gasteiger partial charge in [-0.15, -0.1) is 0 Å². The first-order valence-electron chi connectivity index (χ1n) is 1.06. The zero-order valence-corrected chi connectivity index (χ0v) is 7.29. The van der Waals surface area contributed by atoms with Gasteiger partial charge in [0.15, 0.2) is 0 Å². The quantitative estimate of drug-likeness (QED) is 0.358. The van der Waals surface area contributed by atoms with Gasteiger partial charge in [-0.05, 0) is 12.7 Å². The van der Waals surface area contributed by atoms with Gasteiger partial charge in [-0.3, -0.25) is 0 Å². The molecule has 0 radical (unpaired) electrons. The van der Waals surface area contributed by atoms with Crippen molar-refractivity contribution in [2.75, 3.05) is 0 Å². The zero-order valence-electron chi connectivity index (χ0n) is 4.32. The second-order valence-corrected chi connectivity index (χ2v) is 0.702. The molecule has 1 nitrogen and oxygen atoms in total. The van der Waals surface area contributed by atoms with Crippen LogP contribution in [0.15, 0.2) is 0 Å². The second-order valence-electron chi connectivity index (χ2n) is 0.702. The molecule has 0 saturated heterocycles. The molecule has 0 aromatic rings. The van der Waals surface area contributed by atoms with Gasteiger partial charge in [-0.2, -0.15) is 0 Å². The van der Waals surface area contributed by atoms with Crippen LogP contribution in [-0.4, -0.2) is 5.78 Å². The van der Waals surface area contributed by atoms with Crippen LogP contribution in [-0.2, 0) is 24.3 Å². The summed E-state index contributed by atoms with van der Waals surface area (Å²) in [6, 6.07) is 0. The van der Waals surface area contributed by atoms with E-state index in [2.05, 4.69) is 6.92 Å². The topological polar surface area (TPSA) is 17.1 Å². The molecule has 0 unspecified atom stereocenters. The van der Waals surface area contributed by atoms with E-state index in [-0.39, 0.29) is 32.7 Å². The number of ketones is 1. The van der Waals surface area contributed by atoms with Crippen molar-refractivity contribution < 1.29 is 24.3 Å². The number of rotatable bonds is 0. The smallest absolute Gasteiger partial charge is 0.358 e. The van der Waals surface area contributed by atoms with Gasteiger partial charge in [0.1, 0.15) is 0 Å². The molecule has 0 aliphatic carbocycles. The first kappa shape index (κ1) is 16.4. The molecule has 0 aliphatic rings. The second kappa shape index (κ2) is 8.94. The van der Waals surface area contributed by atoms with Crippen molar-refractivity contribution in [1.82, 2.24) is 0 Å². The van der Waals surface area contributed by atoms with Gasteiger partial charge in [0.25, 0.3) is 0 Å². The summed E-state index contributed by atoms with van der Waals surface area (Å²) in [6.07, 6.45) is 0. The molecule has 0 amide bonds. The molecule has 0 atom stereocenters. The molecule has 0 aliphatic heterocycles. The molecule has 6 heavy (non-hydrogen) atoms. The van der Waals surface area contributed by atoms with Crippen LogP contribution in [0.2, 0.25) is 0 Å². The van der Waals surface area contributed by atoms with Gasteiger partial charge >= 0.3 is 19.5 Å². The van der Waals surface area contributed by atoms with Crippen LogP contribution in [0.5, 0.6) is 0 Å². The molecule has 0 bridgehead atoms. The Kier molecular flexibility index (Phi) is 24.5. The molecule has 0 saturated carbocycles. The van der Waals surface area contributed by atoms with Crippen molar-refractivity contribution >= 4 is 5.78 Å². The minimum absolute atomic E-state index is 0. The van der Waals surface area contributed by atoms with E-state index in [1.54, 1.807) is 0 Å². The van der Waals surface area contributed by atoms with Crippen LogP contribution in [0.3, 0.4) is 0 Å². The third-order valence-electron chi connectivity index (χ3n) is 0. The van der Waals surface area contributed by atoms with E-state index in [1.165, 1.54) is 6.92 Å². The molecule has 32 valence electrons. The summed E-state index contributed by atoms with van der Waals surface area (Å²) in [6.45, 7) is 4.42. The van der Waals surface area contributed by atoms with Crippen LogP contribution in [0.4, 0.5) is 0 Å². The molecule has 0 spiro atoms. The third-order valence-corrected chi connectivity index (χ3v) is 0. The molecular formula is C4H8OZn. The Hall–Kier alpha value is 0.163. The van der Waals surface area contributed by atoms with E-state index in [0.717, 1.165) is 0 Å². The van der Waals surface area contributed by atoms with Crippen molar-refractivity contribution in [1.29, 1.82) is 0 Å². The number of carbonyl (C=O) groups excluding carboxylic acids is 1. The van der Waals surface area contributed by atoms with E-state index in [4.69, 9.17) is 0 Å². The Morgan fingerprint density at radius 2 is 1.67 bits per heavy atom. The number of carbonyl (C=O) groups is 1. The summed E-state index contributed by atoms with van der Waals surface area (Å²) in [5.41, 5.74) is 0. The number of Topliss-reactive ketones (excluding diaryl/α,β-unsaturated/α-hetero) is 1. The predicted octanol–water partition coefficient (Wildman–Crippen LogP) is 0.857. The average Bonchev–Trinajstić information content (AvgIpc) is 0.811. The van der Waals surface area contributed by atoms with Crippen LogP contribution in [0.1, 0.15) is 6.92 Å². The summed E-state index contributed by atoms with van der Waals surface area (Å²) in [5, 5.41) is 0. The van der Waals surface area contributed by atoms with Crippen LogP contribution in [0, 0.1) is 14.4 Å². The first-order valence-corrected chi connectivity index (χ1v) is 1.06. The molecule has 0 fully saturated rings. The molecular weight excluding hydrogens is 129 g/mol. The van der Waals surface area contributed by atoms with Gasteiger partial charge in [0, 0.05) is 0 Å². The Labute approximate surface area is 51.9 Å². The fraction of sp³-hybridized carbons (Fsp3) is 0.250. The van der Waals surface area contributed by atoms with E-state index in [1.807, 2.05) is 0 Å².